The number of aryl methyl sites for hydroxylation is 3. The van der Waals surface area contributed by atoms with Gasteiger partial charge in [0.1, 0.15) is 12.2 Å². The number of nitrogens with zero attached hydrogens (tertiary/aromatic N) is 3. The molecule has 2 heterocycles. The van der Waals surface area contributed by atoms with Gasteiger partial charge in [0.05, 0.1) is 6.54 Å². The maximum Gasteiger partial charge on any atom is 0.140 e. The van der Waals surface area contributed by atoms with E-state index in [0.717, 1.165) is 31.9 Å². The Morgan fingerprint density at radius 2 is 2.17 bits per heavy atom. The maximum absolute atomic E-state index is 4.28. The molecule has 0 bridgehead atoms. The summed E-state index contributed by atoms with van der Waals surface area (Å²) in [6, 6.07) is 2.25. The molecule has 5 heteroatoms. The minimum atomic E-state index is 0.774. The van der Waals surface area contributed by atoms with E-state index in [4.69, 9.17) is 0 Å². The molecule has 2 rings (SSSR count). The van der Waals surface area contributed by atoms with Crippen molar-refractivity contribution in [2.24, 2.45) is 0 Å². The Labute approximate surface area is 112 Å². The minimum Gasteiger partial charge on any atom is -0.305 e. The lowest BCUT2D eigenvalue weighted by atomic mass is 10.3. The van der Waals surface area contributed by atoms with Crippen LogP contribution in [-0.2, 0) is 19.6 Å². The standard InChI is InChI=1S/C13H20N4S/c1-4-5-17-13(15-9-16-17)8-14-7-12-6-10(2)11(3)18-12/h6,9,14H,4-5,7-8H2,1-3H3. The number of nitrogens with one attached hydrogen (secondary N) is 1. The summed E-state index contributed by atoms with van der Waals surface area (Å²) in [4.78, 5) is 7.07. The molecule has 0 aliphatic carbocycles. The van der Waals surface area contributed by atoms with E-state index in [1.165, 1.54) is 15.3 Å². The van der Waals surface area contributed by atoms with Crippen molar-refractivity contribution >= 4 is 11.3 Å². The zero-order valence-electron chi connectivity index (χ0n) is 11.2. The first-order valence-corrected chi connectivity index (χ1v) is 7.15. The molecule has 18 heavy (non-hydrogen) atoms. The topological polar surface area (TPSA) is 42.7 Å². The van der Waals surface area contributed by atoms with Gasteiger partial charge in [-0.05, 0) is 31.9 Å². The largest absolute Gasteiger partial charge is 0.305 e. The van der Waals surface area contributed by atoms with Crippen LogP contribution in [0.4, 0.5) is 0 Å². The number of hydrogen-bond acceptors (Lipinski definition) is 4. The highest BCUT2D eigenvalue weighted by Crippen LogP contribution is 2.20. The first-order chi connectivity index (χ1) is 8.70. The van der Waals surface area contributed by atoms with E-state index in [-0.39, 0.29) is 0 Å². The highest BCUT2D eigenvalue weighted by atomic mass is 32.1. The third-order valence-corrected chi connectivity index (χ3v) is 4.08. The van der Waals surface area contributed by atoms with E-state index in [1.54, 1.807) is 6.33 Å². The molecular weight excluding hydrogens is 244 g/mol. The van der Waals surface area contributed by atoms with Crippen molar-refractivity contribution in [3.63, 3.8) is 0 Å². The zero-order valence-corrected chi connectivity index (χ0v) is 12.0. The summed E-state index contributed by atoms with van der Waals surface area (Å²) in [5, 5.41) is 7.65. The van der Waals surface area contributed by atoms with Crippen LogP contribution in [0.1, 0.15) is 34.5 Å². The second-order valence-electron chi connectivity index (χ2n) is 4.45. The van der Waals surface area contributed by atoms with Crippen molar-refractivity contribution in [2.45, 2.75) is 46.8 Å². The molecule has 0 amide bonds. The van der Waals surface area contributed by atoms with Crippen LogP contribution in [0.5, 0.6) is 0 Å². The Kier molecular flexibility index (Phi) is 4.49. The molecule has 0 aliphatic rings. The van der Waals surface area contributed by atoms with Gasteiger partial charge in [-0.1, -0.05) is 6.92 Å². The zero-order chi connectivity index (χ0) is 13.0. The van der Waals surface area contributed by atoms with Crippen LogP contribution < -0.4 is 5.32 Å². The van der Waals surface area contributed by atoms with Crippen molar-refractivity contribution in [3.8, 4) is 0 Å². The van der Waals surface area contributed by atoms with E-state index >= 15 is 0 Å². The average molecular weight is 264 g/mol. The first-order valence-electron chi connectivity index (χ1n) is 6.34. The molecule has 2 aromatic heterocycles. The normalized spacial score (nSPS) is 11.1. The van der Waals surface area contributed by atoms with Gasteiger partial charge < -0.3 is 5.32 Å². The molecule has 0 saturated carbocycles. The fourth-order valence-corrected chi connectivity index (χ4v) is 2.88. The molecule has 0 unspecified atom stereocenters. The highest BCUT2D eigenvalue weighted by molar-refractivity contribution is 7.12. The SMILES string of the molecule is CCCn1ncnc1CNCc1cc(C)c(C)s1. The molecule has 4 nitrogen and oxygen atoms in total. The van der Waals surface area contributed by atoms with Gasteiger partial charge in [0.25, 0.3) is 0 Å². The van der Waals surface area contributed by atoms with Crippen molar-refractivity contribution < 1.29 is 0 Å². The van der Waals surface area contributed by atoms with Crippen LogP contribution in [0.3, 0.4) is 0 Å². The lowest BCUT2D eigenvalue weighted by Crippen LogP contribution is -2.16. The van der Waals surface area contributed by atoms with Gasteiger partial charge in [-0.2, -0.15) is 5.10 Å². The molecule has 0 radical (unpaired) electrons. The smallest absolute Gasteiger partial charge is 0.140 e. The Morgan fingerprint density at radius 1 is 1.33 bits per heavy atom. The summed E-state index contributed by atoms with van der Waals surface area (Å²) >= 11 is 1.86. The van der Waals surface area contributed by atoms with E-state index in [2.05, 4.69) is 42.2 Å². The molecule has 98 valence electrons. The van der Waals surface area contributed by atoms with Gasteiger partial charge in [0, 0.05) is 22.8 Å². The van der Waals surface area contributed by atoms with E-state index in [1.807, 2.05) is 16.0 Å². The molecule has 0 spiro atoms. The van der Waals surface area contributed by atoms with Crippen molar-refractivity contribution in [1.29, 1.82) is 0 Å². The molecule has 0 fully saturated rings. The van der Waals surface area contributed by atoms with E-state index in [9.17, 15) is 0 Å². The second-order valence-corrected chi connectivity index (χ2v) is 5.80. The third kappa shape index (κ3) is 3.17. The summed E-state index contributed by atoms with van der Waals surface area (Å²) in [6.45, 7) is 9.09. The van der Waals surface area contributed by atoms with Crippen molar-refractivity contribution in [1.82, 2.24) is 20.1 Å². The fourth-order valence-electron chi connectivity index (χ4n) is 1.86. The number of hydrogen-bond donors (Lipinski definition) is 1. The molecule has 0 atom stereocenters. The predicted molar refractivity (Wildman–Crippen MR) is 74.6 cm³/mol. The monoisotopic (exact) mass is 264 g/mol. The fraction of sp³-hybridized carbons (Fsp3) is 0.538. The summed E-state index contributed by atoms with van der Waals surface area (Å²) in [6.07, 6.45) is 2.71. The van der Waals surface area contributed by atoms with Crippen LogP contribution in [0.15, 0.2) is 12.4 Å². The number of aromatic nitrogens is 3. The Balaban J connectivity index is 1.86. The first kappa shape index (κ1) is 13.2. The summed E-state index contributed by atoms with van der Waals surface area (Å²) in [5.41, 5.74) is 1.38. The Hall–Kier alpha value is -1.20. The van der Waals surface area contributed by atoms with Crippen LogP contribution >= 0.6 is 11.3 Å². The van der Waals surface area contributed by atoms with Crippen molar-refractivity contribution in [3.05, 3.63) is 33.5 Å². The third-order valence-electron chi connectivity index (χ3n) is 2.93. The van der Waals surface area contributed by atoms with Crippen LogP contribution in [-0.4, -0.2) is 14.8 Å². The quantitative estimate of drug-likeness (QED) is 0.872. The van der Waals surface area contributed by atoms with E-state index in [0.29, 0.717) is 0 Å². The minimum absolute atomic E-state index is 0.774. The van der Waals surface area contributed by atoms with Crippen LogP contribution in [0.25, 0.3) is 0 Å². The average Bonchev–Trinajstić information content (AvgIpc) is 2.89. The van der Waals surface area contributed by atoms with Crippen LogP contribution in [0.2, 0.25) is 0 Å². The van der Waals surface area contributed by atoms with Gasteiger partial charge >= 0.3 is 0 Å². The van der Waals surface area contributed by atoms with Gasteiger partial charge in [-0.15, -0.1) is 11.3 Å². The Bertz CT molecular complexity index is 481. The number of thiophene rings is 1. The molecule has 0 saturated heterocycles. The van der Waals surface area contributed by atoms with Gasteiger partial charge in [-0.25, -0.2) is 9.67 Å². The lowest BCUT2D eigenvalue weighted by Gasteiger charge is -2.05. The summed E-state index contributed by atoms with van der Waals surface area (Å²) in [5.74, 6) is 1.02. The molecule has 2 aromatic rings. The van der Waals surface area contributed by atoms with Gasteiger partial charge in [0.2, 0.25) is 0 Å². The summed E-state index contributed by atoms with van der Waals surface area (Å²) < 4.78 is 1.97. The van der Waals surface area contributed by atoms with Crippen LogP contribution in [0, 0.1) is 13.8 Å². The maximum atomic E-state index is 4.28. The second kappa shape index (κ2) is 6.11. The summed E-state index contributed by atoms with van der Waals surface area (Å²) in [7, 11) is 0. The molecular formula is C13H20N4S. The highest BCUT2D eigenvalue weighted by Gasteiger charge is 2.04. The lowest BCUT2D eigenvalue weighted by molar-refractivity contribution is 0.543. The molecule has 0 aromatic carbocycles. The number of rotatable bonds is 6. The van der Waals surface area contributed by atoms with Crippen molar-refractivity contribution in [2.75, 3.05) is 0 Å². The van der Waals surface area contributed by atoms with E-state index < -0.39 is 0 Å². The van der Waals surface area contributed by atoms with Gasteiger partial charge in [-0.3, -0.25) is 0 Å². The molecule has 0 aliphatic heterocycles. The van der Waals surface area contributed by atoms with Gasteiger partial charge in [0.15, 0.2) is 0 Å². The Morgan fingerprint density at radius 3 is 2.83 bits per heavy atom. The predicted octanol–water partition coefficient (Wildman–Crippen LogP) is 2.66. The molecule has 1 N–H and O–H groups in total.